The van der Waals surface area contributed by atoms with Crippen molar-refractivity contribution in [3.63, 3.8) is 0 Å². The summed E-state index contributed by atoms with van der Waals surface area (Å²) in [5, 5.41) is 7.57. The average molecular weight is 275 g/mol. The first-order chi connectivity index (χ1) is 9.25. The van der Waals surface area contributed by atoms with Crippen LogP contribution in [0.3, 0.4) is 0 Å². The van der Waals surface area contributed by atoms with E-state index in [-0.39, 0.29) is 0 Å². The van der Waals surface area contributed by atoms with Crippen molar-refractivity contribution in [2.24, 2.45) is 0 Å². The molecule has 100 valence electrons. The van der Waals surface area contributed by atoms with E-state index in [1.54, 1.807) is 0 Å². The predicted molar refractivity (Wildman–Crippen MR) is 82.8 cm³/mol. The zero-order chi connectivity index (χ0) is 13.5. The SMILES string of the molecule is Cc1ccc(Cl)cc1NCCNCc1ccccc1. The van der Waals surface area contributed by atoms with E-state index in [9.17, 15) is 0 Å². The summed E-state index contributed by atoms with van der Waals surface area (Å²) in [7, 11) is 0. The van der Waals surface area contributed by atoms with Gasteiger partial charge in [0.25, 0.3) is 0 Å². The van der Waals surface area contributed by atoms with Crippen LogP contribution in [0.15, 0.2) is 48.5 Å². The van der Waals surface area contributed by atoms with E-state index < -0.39 is 0 Å². The Kier molecular flexibility index (Phi) is 5.25. The van der Waals surface area contributed by atoms with Crippen LogP contribution in [-0.4, -0.2) is 13.1 Å². The van der Waals surface area contributed by atoms with Crippen molar-refractivity contribution >= 4 is 17.3 Å². The molecule has 2 aromatic carbocycles. The third-order valence-electron chi connectivity index (χ3n) is 2.99. The van der Waals surface area contributed by atoms with Gasteiger partial charge in [-0.3, -0.25) is 0 Å². The standard InChI is InChI=1S/C16H19ClN2/c1-13-7-8-15(17)11-16(13)19-10-9-18-12-14-5-3-2-4-6-14/h2-8,11,18-19H,9-10,12H2,1H3. The van der Waals surface area contributed by atoms with Crippen LogP contribution in [0.1, 0.15) is 11.1 Å². The van der Waals surface area contributed by atoms with E-state index in [4.69, 9.17) is 11.6 Å². The molecular formula is C16H19ClN2. The summed E-state index contributed by atoms with van der Waals surface area (Å²) < 4.78 is 0. The highest BCUT2D eigenvalue weighted by atomic mass is 35.5. The quantitative estimate of drug-likeness (QED) is 0.782. The number of benzene rings is 2. The number of hydrogen-bond donors (Lipinski definition) is 2. The minimum atomic E-state index is 0.769. The summed E-state index contributed by atoms with van der Waals surface area (Å²) in [5.41, 5.74) is 3.63. The van der Waals surface area contributed by atoms with E-state index in [1.165, 1.54) is 11.1 Å². The molecule has 2 N–H and O–H groups in total. The van der Waals surface area contributed by atoms with Crippen molar-refractivity contribution in [3.05, 3.63) is 64.7 Å². The van der Waals surface area contributed by atoms with Gasteiger partial charge in [-0.15, -0.1) is 0 Å². The summed E-state index contributed by atoms with van der Waals surface area (Å²) >= 11 is 5.98. The highest BCUT2D eigenvalue weighted by Gasteiger charge is 1.98. The van der Waals surface area contributed by atoms with E-state index in [0.29, 0.717) is 0 Å². The fourth-order valence-corrected chi connectivity index (χ4v) is 2.07. The second kappa shape index (κ2) is 7.17. The number of halogens is 1. The van der Waals surface area contributed by atoms with Gasteiger partial charge in [-0.2, -0.15) is 0 Å². The molecule has 0 saturated heterocycles. The third kappa shape index (κ3) is 4.58. The van der Waals surface area contributed by atoms with Crippen LogP contribution in [0.4, 0.5) is 5.69 Å². The Morgan fingerprint density at radius 3 is 2.58 bits per heavy atom. The molecule has 19 heavy (non-hydrogen) atoms. The Bertz CT molecular complexity index is 511. The van der Waals surface area contributed by atoms with Crippen LogP contribution < -0.4 is 10.6 Å². The molecule has 2 nitrogen and oxygen atoms in total. The van der Waals surface area contributed by atoms with Gasteiger partial charge >= 0.3 is 0 Å². The van der Waals surface area contributed by atoms with E-state index in [2.05, 4.69) is 41.8 Å². The first kappa shape index (κ1) is 13.9. The molecule has 0 heterocycles. The molecule has 0 bridgehead atoms. The molecule has 2 rings (SSSR count). The fraction of sp³-hybridized carbons (Fsp3) is 0.250. The van der Waals surface area contributed by atoms with Crippen LogP contribution in [0.2, 0.25) is 5.02 Å². The number of anilines is 1. The summed E-state index contributed by atoms with van der Waals surface area (Å²) in [4.78, 5) is 0. The van der Waals surface area contributed by atoms with Crippen molar-refractivity contribution < 1.29 is 0 Å². The van der Waals surface area contributed by atoms with E-state index >= 15 is 0 Å². The Morgan fingerprint density at radius 2 is 1.79 bits per heavy atom. The topological polar surface area (TPSA) is 24.1 Å². The summed E-state index contributed by atoms with van der Waals surface area (Å²) in [6.07, 6.45) is 0. The molecule has 0 unspecified atom stereocenters. The molecule has 0 aromatic heterocycles. The lowest BCUT2D eigenvalue weighted by Gasteiger charge is -2.10. The highest BCUT2D eigenvalue weighted by Crippen LogP contribution is 2.19. The van der Waals surface area contributed by atoms with Gasteiger partial charge in [0.1, 0.15) is 0 Å². The van der Waals surface area contributed by atoms with E-state index in [0.717, 1.165) is 30.3 Å². The van der Waals surface area contributed by atoms with Gasteiger partial charge in [0.05, 0.1) is 0 Å². The largest absolute Gasteiger partial charge is 0.384 e. The second-order valence-electron chi connectivity index (χ2n) is 4.55. The average Bonchev–Trinajstić information content (AvgIpc) is 2.43. The molecule has 0 aliphatic heterocycles. The van der Waals surface area contributed by atoms with Gasteiger partial charge in [-0.05, 0) is 30.2 Å². The van der Waals surface area contributed by atoms with Crippen LogP contribution >= 0.6 is 11.6 Å². The molecule has 0 saturated carbocycles. The lowest BCUT2D eigenvalue weighted by molar-refractivity contribution is 0.707. The summed E-state index contributed by atoms with van der Waals surface area (Å²) in [6.45, 7) is 4.78. The molecule has 2 aromatic rings. The molecule has 3 heteroatoms. The minimum Gasteiger partial charge on any atom is -0.384 e. The molecule has 0 atom stereocenters. The number of hydrogen-bond acceptors (Lipinski definition) is 2. The monoisotopic (exact) mass is 274 g/mol. The fourth-order valence-electron chi connectivity index (χ4n) is 1.90. The van der Waals surface area contributed by atoms with Crippen molar-refractivity contribution in [1.82, 2.24) is 5.32 Å². The Balaban J connectivity index is 1.71. The van der Waals surface area contributed by atoms with Gasteiger partial charge in [0.2, 0.25) is 0 Å². The molecular weight excluding hydrogens is 256 g/mol. The van der Waals surface area contributed by atoms with Crippen molar-refractivity contribution in [3.8, 4) is 0 Å². The zero-order valence-electron chi connectivity index (χ0n) is 11.1. The maximum atomic E-state index is 5.98. The van der Waals surface area contributed by atoms with Crippen molar-refractivity contribution in [2.45, 2.75) is 13.5 Å². The molecule has 0 aliphatic rings. The second-order valence-corrected chi connectivity index (χ2v) is 4.98. The maximum Gasteiger partial charge on any atom is 0.0426 e. The number of nitrogens with one attached hydrogen (secondary N) is 2. The van der Waals surface area contributed by atoms with Gasteiger partial charge in [-0.25, -0.2) is 0 Å². The number of rotatable bonds is 6. The Labute approximate surface area is 119 Å². The molecule has 0 amide bonds. The minimum absolute atomic E-state index is 0.769. The third-order valence-corrected chi connectivity index (χ3v) is 3.22. The van der Waals surface area contributed by atoms with Crippen LogP contribution in [0.5, 0.6) is 0 Å². The molecule has 0 radical (unpaired) electrons. The van der Waals surface area contributed by atoms with Gasteiger partial charge < -0.3 is 10.6 Å². The molecule has 0 fully saturated rings. The van der Waals surface area contributed by atoms with Gasteiger partial charge in [0.15, 0.2) is 0 Å². The predicted octanol–water partition coefficient (Wildman–Crippen LogP) is 3.85. The first-order valence-corrected chi connectivity index (χ1v) is 6.88. The normalized spacial score (nSPS) is 10.4. The summed E-state index contributed by atoms with van der Waals surface area (Å²) in [6, 6.07) is 16.3. The zero-order valence-corrected chi connectivity index (χ0v) is 11.9. The highest BCUT2D eigenvalue weighted by molar-refractivity contribution is 6.30. The lowest BCUT2D eigenvalue weighted by atomic mass is 10.2. The summed E-state index contributed by atoms with van der Waals surface area (Å²) in [5.74, 6) is 0. The Morgan fingerprint density at radius 1 is 1.00 bits per heavy atom. The first-order valence-electron chi connectivity index (χ1n) is 6.50. The lowest BCUT2D eigenvalue weighted by Crippen LogP contribution is -2.21. The van der Waals surface area contributed by atoms with Crippen LogP contribution in [-0.2, 0) is 6.54 Å². The van der Waals surface area contributed by atoms with Crippen LogP contribution in [0, 0.1) is 6.92 Å². The smallest absolute Gasteiger partial charge is 0.0426 e. The van der Waals surface area contributed by atoms with E-state index in [1.807, 2.05) is 24.3 Å². The number of aryl methyl sites for hydroxylation is 1. The molecule has 0 aliphatic carbocycles. The van der Waals surface area contributed by atoms with Gasteiger partial charge in [-0.1, -0.05) is 48.0 Å². The van der Waals surface area contributed by atoms with Crippen molar-refractivity contribution in [2.75, 3.05) is 18.4 Å². The van der Waals surface area contributed by atoms with Crippen molar-refractivity contribution in [1.29, 1.82) is 0 Å². The van der Waals surface area contributed by atoms with Gasteiger partial charge in [0, 0.05) is 30.3 Å². The Hall–Kier alpha value is -1.51. The van der Waals surface area contributed by atoms with Crippen LogP contribution in [0.25, 0.3) is 0 Å². The molecule has 0 spiro atoms. The maximum absolute atomic E-state index is 5.98.